The van der Waals surface area contributed by atoms with Crippen LogP contribution in [0.4, 0.5) is 10.5 Å². The van der Waals surface area contributed by atoms with Gasteiger partial charge in [0, 0.05) is 69.4 Å². The molecular weight excluding hydrogens is 667 g/mol. The molecule has 3 aliphatic rings. The van der Waals surface area contributed by atoms with Gasteiger partial charge >= 0.3 is 6.09 Å². The number of anilines is 1. The summed E-state index contributed by atoms with van der Waals surface area (Å²) in [6.45, 7) is 21.0. The molecule has 0 saturated carbocycles. The predicted octanol–water partition coefficient (Wildman–Crippen LogP) is 6.14. The number of rotatable bonds is 11. The fraction of sp³-hybridized carbons (Fsp3) is 0.619. The molecule has 3 saturated heterocycles. The van der Waals surface area contributed by atoms with Crippen molar-refractivity contribution in [2.75, 3.05) is 78.4 Å². The molecule has 0 bridgehead atoms. The van der Waals surface area contributed by atoms with Crippen LogP contribution in [0.25, 0.3) is 10.9 Å². The largest absolute Gasteiger partial charge is 0.494 e. The van der Waals surface area contributed by atoms with E-state index in [-0.39, 0.29) is 17.4 Å². The maximum atomic E-state index is 13.6. The fourth-order valence-corrected chi connectivity index (χ4v) is 8.73. The van der Waals surface area contributed by atoms with Gasteiger partial charge in [-0.15, -0.1) is 0 Å². The molecule has 0 radical (unpaired) electrons. The zero-order chi connectivity index (χ0) is 37.9. The number of hydrogen-bond donors (Lipinski definition) is 1. The predicted molar refractivity (Wildman–Crippen MR) is 213 cm³/mol. The van der Waals surface area contributed by atoms with Crippen LogP contribution in [-0.4, -0.2) is 126 Å². The number of aryl methyl sites for hydroxylation is 1. The van der Waals surface area contributed by atoms with Gasteiger partial charge in [0.05, 0.1) is 24.4 Å². The Kier molecular flexibility index (Phi) is 12.4. The van der Waals surface area contributed by atoms with Crippen LogP contribution in [0.2, 0.25) is 0 Å². The van der Waals surface area contributed by atoms with Gasteiger partial charge in [-0.3, -0.25) is 24.8 Å². The van der Waals surface area contributed by atoms with Crippen LogP contribution in [0.15, 0.2) is 36.4 Å². The summed E-state index contributed by atoms with van der Waals surface area (Å²) in [5.41, 5.74) is 4.91. The number of methoxy groups -OCH3 is 1. The molecule has 6 rings (SSSR count). The van der Waals surface area contributed by atoms with Gasteiger partial charge in [0.1, 0.15) is 5.75 Å². The van der Waals surface area contributed by atoms with Crippen molar-refractivity contribution >= 4 is 28.6 Å². The molecular formula is C42H63N7O4. The molecule has 0 unspecified atom stereocenters. The average Bonchev–Trinajstić information content (AvgIpc) is 3.71. The van der Waals surface area contributed by atoms with Crippen molar-refractivity contribution in [3.05, 3.63) is 53.1 Å². The monoisotopic (exact) mass is 729 g/mol. The Morgan fingerprint density at radius 1 is 0.868 bits per heavy atom. The number of likely N-dealkylation sites (tertiary alicyclic amines) is 2. The number of hydrogen-bond acceptors (Lipinski definition) is 8. The van der Waals surface area contributed by atoms with Crippen molar-refractivity contribution in [3.63, 3.8) is 0 Å². The van der Waals surface area contributed by atoms with Crippen molar-refractivity contribution in [1.82, 2.24) is 29.1 Å². The van der Waals surface area contributed by atoms with Gasteiger partial charge in [-0.25, -0.2) is 4.79 Å². The summed E-state index contributed by atoms with van der Waals surface area (Å²) in [5.74, 6) is 1.43. The molecule has 3 fully saturated rings. The van der Waals surface area contributed by atoms with E-state index in [4.69, 9.17) is 9.47 Å². The summed E-state index contributed by atoms with van der Waals surface area (Å²) in [6.07, 6.45) is 3.81. The second-order valence-electron chi connectivity index (χ2n) is 16.3. The number of likely N-dealkylation sites (N-methyl/N-ethyl adjacent to an activating group) is 1. The Morgan fingerprint density at radius 3 is 2.17 bits per heavy atom. The molecule has 3 aliphatic heterocycles. The number of ether oxygens (including phenoxy) is 2. The SMILES string of the molecule is CCN(CC)C1CCN(Cc2cc(C(C)(C)C)cc(NC(=O)Oc3cc4cccc(CN5CCN(C(=O)[C@@H]6CCCN6C)CC5)c4n3C)c2OC)CC1. The number of piperidine rings is 1. The number of aromatic nitrogens is 1. The van der Waals surface area contributed by atoms with Crippen LogP contribution >= 0.6 is 0 Å². The highest BCUT2D eigenvalue weighted by Gasteiger charge is 2.33. The van der Waals surface area contributed by atoms with Gasteiger partial charge in [-0.2, -0.15) is 0 Å². The van der Waals surface area contributed by atoms with Crippen LogP contribution in [0.1, 0.15) is 77.0 Å². The molecule has 11 heteroatoms. The van der Waals surface area contributed by atoms with Crippen LogP contribution in [0, 0.1) is 0 Å². The maximum Gasteiger partial charge on any atom is 0.418 e. The number of carbonyl (C=O) groups excluding carboxylic acids is 2. The van der Waals surface area contributed by atoms with Gasteiger partial charge in [-0.05, 0) is 88.1 Å². The van der Waals surface area contributed by atoms with E-state index in [1.165, 1.54) is 5.56 Å². The summed E-state index contributed by atoms with van der Waals surface area (Å²) >= 11 is 0. The number of fused-ring (bicyclic) bond motifs is 1. The third kappa shape index (κ3) is 8.85. The second kappa shape index (κ2) is 16.8. The first-order valence-electron chi connectivity index (χ1n) is 19.8. The Bertz CT molecular complexity index is 1730. The molecule has 2 amide bonds. The molecule has 3 aromatic rings. The Balaban J connectivity index is 1.13. The highest BCUT2D eigenvalue weighted by atomic mass is 16.6. The van der Waals surface area contributed by atoms with Gasteiger partial charge < -0.3 is 23.8 Å². The van der Waals surface area contributed by atoms with E-state index in [9.17, 15) is 9.59 Å². The zero-order valence-electron chi connectivity index (χ0n) is 33.5. The molecule has 0 aliphatic carbocycles. The third-order valence-electron chi connectivity index (χ3n) is 11.9. The van der Waals surface area contributed by atoms with E-state index >= 15 is 0 Å². The lowest BCUT2D eigenvalue weighted by Crippen LogP contribution is -2.52. The number of carbonyl (C=O) groups is 2. The molecule has 11 nitrogen and oxygen atoms in total. The van der Waals surface area contributed by atoms with Gasteiger partial charge in [0.15, 0.2) is 0 Å². The standard InChI is InChI=1S/C42H63N7O4/c1-9-48(10-2)34-16-19-46(20-17-34)29-32-25-33(42(3,4)5)27-35(39(32)52-8)43-41(51)53-37-26-30-13-11-14-31(38(30)45(37)7)28-47-21-23-49(24-22-47)40(50)36-15-12-18-44(36)6/h11,13-14,25-27,34,36H,9-10,12,15-24,28-29H2,1-8H3,(H,43,51)/t36-/m0/s1. The minimum atomic E-state index is -0.554. The second-order valence-corrected chi connectivity index (χ2v) is 16.3. The van der Waals surface area contributed by atoms with Crippen LogP contribution < -0.4 is 14.8 Å². The highest BCUT2D eigenvalue weighted by molar-refractivity contribution is 5.91. The van der Waals surface area contributed by atoms with Gasteiger partial charge in [0.2, 0.25) is 11.8 Å². The van der Waals surface area contributed by atoms with Crippen molar-refractivity contribution < 1.29 is 19.1 Å². The summed E-state index contributed by atoms with van der Waals surface area (Å²) in [6, 6.07) is 13.1. The van der Waals surface area contributed by atoms with Crippen molar-refractivity contribution in [1.29, 1.82) is 0 Å². The van der Waals surface area contributed by atoms with Crippen molar-refractivity contribution in [2.45, 2.75) is 90.9 Å². The first kappa shape index (κ1) is 39.1. The number of piperazine rings is 1. The smallest absolute Gasteiger partial charge is 0.418 e. The molecule has 4 heterocycles. The average molecular weight is 730 g/mol. The topological polar surface area (TPSA) is 85.8 Å². The summed E-state index contributed by atoms with van der Waals surface area (Å²) in [4.78, 5) is 38.5. The van der Waals surface area contributed by atoms with Crippen molar-refractivity contribution in [2.24, 2.45) is 7.05 Å². The molecule has 290 valence electrons. The number of nitrogens with zero attached hydrogens (tertiary/aromatic N) is 6. The minimum Gasteiger partial charge on any atom is -0.494 e. The van der Waals surface area contributed by atoms with Crippen molar-refractivity contribution in [3.8, 4) is 11.6 Å². The number of benzene rings is 2. The quantitative estimate of drug-likeness (QED) is 0.252. The summed E-state index contributed by atoms with van der Waals surface area (Å²) in [7, 11) is 5.69. The third-order valence-corrected chi connectivity index (χ3v) is 11.9. The maximum absolute atomic E-state index is 13.6. The van der Waals surface area contributed by atoms with E-state index in [1.54, 1.807) is 7.11 Å². The first-order chi connectivity index (χ1) is 25.4. The lowest BCUT2D eigenvalue weighted by atomic mass is 9.85. The molecule has 53 heavy (non-hydrogen) atoms. The van der Waals surface area contributed by atoms with Gasteiger partial charge in [-0.1, -0.05) is 58.9 Å². The number of amides is 2. The molecule has 0 spiro atoms. The first-order valence-corrected chi connectivity index (χ1v) is 19.8. The van der Waals surface area contributed by atoms with Crippen LogP contribution in [0.3, 0.4) is 0 Å². The molecule has 1 N–H and O–H groups in total. The summed E-state index contributed by atoms with van der Waals surface area (Å²) in [5, 5.41) is 4.08. The Hall–Kier alpha value is -3.64. The number of para-hydroxylation sites is 1. The lowest BCUT2D eigenvalue weighted by Gasteiger charge is -2.38. The van der Waals surface area contributed by atoms with E-state index in [2.05, 4.69) is 90.8 Å². The normalized spacial score (nSPS) is 19.7. The Labute approximate surface area is 317 Å². The minimum absolute atomic E-state index is 0.0329. The molecule has 1 atom stereocenters. The highest BCUT2D eigenvalue weighted by Crippen LogP contribution is 2.37. The van der Waals surface area contributed by atoms with E-state index < -0.39 is 6.09 Å². The number of nitrogens with one attached hydrogen (secondary N) is 1. The van der Waals surface area contributed by atoms with Gasteiger partial charge in [0.25, 0.3) is 0 Å². The van der Waals surface area contributed by atoms with E-state index in [0.29, 0.717) is 23.4 Å². The van der Waals surface area contributed by atoms with E-state index in [1.807, 2.05) is 28.6 Å². The molecule has 1 aromatic heterocycles. The lowest BCUT2D eigenvalue weighted by molar-refractivity contribution is -0.137. The Morgan fingerprint density at radius 2 is 1.55 bits per heavy atom. The zero-order valence-corrected chi connectivity index (χ0v) is 33.5. The summed E-state index contributed by atoms with van der Waals surface area (Å²) < 4.78 is 14.0. The van der Waals surface area contributed by atoms with E-state index in [0.717, 1.165) is 120 Å². The van der Waals surface area contributed by atoms with Crippen LogP contribution in [-0.2, 0) is 30.3 Å². The fourth-order valence-electron chi connectivity index (χ4n) is 8.73. The van der Waals surface area contributed by atoms with Crippen LogP contribution in [0.5, 0.6) is 11.6 Å². The molecule has 2 aromatic carbocycles.